The van der Waals surface area contributed by atoms with Gasteiger partial charge >= 0.3 is 0 Å². The van der Waals surface area contributed by atoms with Crippen LogP contribution in [0.25, 0.3) is 10.7 Å². The number of hydrogen-bond donors (Lipinski definition) is 1. The van der Waals surface area contributed by atoms with E-state index in [9.17, 15) is 0 Å². The standard InChI is InChI=1S/C16H18N4S/c1-2-13(17)15(12-5-3-7-18-11-12)20-9-8-19-16(20)14-6-4-10-21-14/h3-11,13,15H,2,17H2,1H3. The lowest BCUT2D eigenvalue weighted by atomic mass is 9.99. The molecule has 2 unspecified atom stereocenters. The van der Waals surface area contributed by atoms with Crippen molar-refractivity contribution in [1.29, 1.82) is 0 Å². The molecule has 2 atom stereocenters. The van der Waals surface area contributed by atoms with Gasteiger partial charge < -0.3 is 10.3 Å². The molecule has 0 radical (unpaired) electrons. The molecule has 0 amide bonds. The number of hydrogen-bond acceptors (Lipinski definition) is 4. The molecular weight excluding hydrogens is 280 g/mol. The largest absolute Gasteiger partial charge is 0.326 e. The second-order valence-electron chi connectivity index (χ2n) is 4.94. The number of nitrogens with two attached hydrogens (primary N) is 1. The van der Waals surface area contributed by atoms with Crippen LogP contribution < -0.4 is 5.73 Å². The maximum absolute atomic E-state index is 6.39. The predicted octanol–water partition coefficient (Wildman–Crippen LogP) is 3.33. The summed E-state index contributed by atoms with van der Waals surface area (Å²) in [6.45, 7) is 2.11. The molecule has 0 saturated carbocycles. The number of aromatic nitrogens is 3. The fraction of sp³-hybridized carbons (Fsp3) is 0.250. The van der Waals surface area contributed by atoms with Crippen LogP contribution in [0.2, 0.25) is 0 Å². The molecule has 0 bridgehead atoms. The molecule has 3 rings (SSSR count). The van der Waals surface area contributed by atoms with E-state index in [0.29, 0.717) is 0 Å². The van der Waals surface area contributed by atoms with Gasteiger partial charge in [-0.2, -0.15) is 0 Å². The minimum absolute atomic E-state index is 0.0158. The Morgan fingerprint density at radius 1 is 1.29 bits per heavy atom. The summed E-state index contributed by atoms with van der Waals surface area (Å²) in [5.41, 5.74) is 7.50. The molecule has 5 heteroatoms. The van der Waals surface area contributed by atoms with Crippen molar-refractivity contribution in [2.75, 3.05) is 0 Å². The van der Waals surface area contributed by atoms with E-state index >= 15 is 0 Å². The SMILES string of the molecule is CCC(N)C(c1cccnc1)n1ccnc1-c1cccs1. The van der Waals surface area contributed by atoms with Crippen LogP contribution in [0.3, 0.4) is 0 Å². The van der Waals surface area contributed by atoms with Gasteiger partial charge in [-0.3, -0.25) is 4.98 Å². The molecule has 0 saturated heterocycles. The number of imidazole rings is 1. The molecule has 108 valence electrons. The summed E-state index contributed by atoms with van der Waals surface area (Å²) < 4.78 is 2.16. The Bertz CT molecular complexity index is 675. The highest BCUT2D eigenvalue weighted by Gasteiger charge is 2.23. The highest BCUT2D eigenvalue weighted by molar-refractivity contribution is 7.13. The first kappa shape index (κ1) is 14.0. The number of thiophene rings is 1. The minimum Gasteiger partial charge on any atom is -0.326 e. The molecule has 0 aliphatic carbocycles. The van der Waals surface area contributed by atoms with Crippen molar-refractivity contribution in [3.05, 3.63) is 60.0 Å². The van der Waals surface area contributed by atoms with Crippen LogP contribution in [0, 0.1) is 0 Å². The molecule has 3 aromatic rings. The Kier molecular flexibility index (Phi) is 4.13. The fourth-order valence-corrected chi connectivity index (χ4v) is 3.25. The summed E-state index contributed by atoms with van der Waals surface area (Å²) >= 11 is 1.69. The first-order valence-corrected chi connectivity index (χ1v) is 7.91. The lowest BCUT2D eigenvalue weighted by Crippen LogP contribution is -2.32. The van der Waals surface area contributed by atoms with Crippen molar-refractivity contribution in [2.45, 2.75) is 25.4 Å². The van der Waals surface area contributed by atoms with Crippen molar-refractivity contribution in [1.82, 2.24) is 14.5 Å². The van der Waals surface area contributed by atoms with Gasteiger partial charge in [-0.15, -0.1) is 11.3 Å². The molecule has 0 aliphatic rings. The van der Waals surface area contributed by atoms with Crippen molar-refractivity contribution < 1.29 is 0 Å². The third kappa shape index (κ3) is 2.75. The van der Waals surface area contributed by atoms with Gasteiger partial charge in [0, 0.05) is 30.8 Å². The van der Waals surface area contributed by atoms with Crippen molar-refractivity contribution >= 4 is 11.3 Å². The van der Waals surface area contributed by atoms with Crippen LogP contribution in [0.4, 0.5) is 0 Å². The van der Waals surface area contributed by atoms with Crippen molar-refractivity contribution in [3.8, 4) is 10.7 Å². The monoisotopic (exact) mass is 298 g/mol. The first-order valence-electron chi connectivity index (χ1n) is 7.03. The van der Waals surface area contributed by atoms with E-state index < -0.39 is 0 Å². The Hall–Kier alpha value is -1.98. The van der Waals surface area contributed by atoms with Crippen LogP contribution in [0.5, 0.6) is 0 Å². The molecule has 3 aromatic heterocycles. The average molecular weight is 298 g/mol. The molecule has 0 spiro atoms. The van der Waals surface area contributed by atoms with Gasteiger partial charge in [0.05, 0.1) is 10.9 Å². The molecule has 0 aromatic carbocycles. The summed E-state index contributed by atoms with van der Waals surface area (Å²) in [6.07, 6.45) is 8.40. The van der Waals surface area contributed by atoms with E-state index in [-0.39, 0.29) is 12.1 Å². The maximum atomic E-state index is 6.39. The summed E-state index contributed by atoms with van der Waals surface area (Å²) in [5.74, 6) is 0.961. The van der Waals surface area contributed by atoms with Crippen molar-refractivity contribution in [2.24, 2.45) is 5.73 Å². The zero-order valence-electron chi connectivity index (χ0n) is 11.9. The number of nitrogens with zero attached hydrogens (tertiary/aromatic N) is 3. The second kappa shape index (κ2) is 6.20. The average Bonchev–Trinajstić information content (AvgIpc) is 3.19. The Morgan fingerprint density at radius 2 is 2.19 bits per heavy atom. The van der Waals surface area contributed by atoms with E-state index in [0.717, 1.165) is 22.7 Å². The van der Waals surface area contributed by atoms with Gasteiger partial charge in [0.1, 0.15) is 0 Å². The van der Waals surface area contributed by atoms with Gasteiger partial charge in [-0.1, -0.05) is 19.1 Å². The minimum atomic E-state index is 0.0158. The third-order valence-electron chi connectivity index (χ3n) is 3.61. The van der Waals surface area contributed by atoms with Gasteiger partial charge in [0.15, 0.2) is 5.82 Å². The zero-order valence-corrected chi connectivity index (χ0v) is 12.7. The fourth-order valence-electron chi connectivity index (χ4n) is 2.52. The van der Waals surface area contributed by atoms with E-state index in [2.05, 4.69) is 39.0 Å². The van der Waals surface area contributed by atoms with Crippen LogP contribution >= 0.6 is 11.3 Å². The molecule has 4 nitrogen and oxygen atoms in total. The van der Waals surface area contributed by atoms with Gasteiger partial charge in [0.2, 0.25) is 0 Å². The number of pyridine rings is 1. The van der Waals surface area contributed by atoms with Crippen LogP contribution in [0.1, 0.15) is 24.9 Å². The Morgan fingerprint density at radius 3 is 2.86 bits per heavy atom. The smallest absolute Gasteiger partial charge is 0.150 e. The van der Waals surface area contributed by atoms with Crippen LogP contribution in [0.15, 0.2) is 54.4 Å². The third-order valence-corrected chi connectivity index (χ3v) is 4.48. The molecule has 2 N–H and O–H groups in total. The van der Waals surface area contributed by atoms with E-state index in [4.69, 9.17) is 5.73 Å². The zero-order chi connectivity index (χ0) is 14.7. The van der Waals surface area contributed by atoms with E-state index in [1.807, 2.05) is 30.7 Å². The summed E-state index contributed by atoms with van der Waals surface area (Å²) in [5, 5.41) is 2.06. The van der Waals surface area contributed by atoms with E-state index in [1.165, 1.54) is 0 Å². The quantitative estimate of drug-likeness (QED) is 0.786. The summed E-state index contributed by atoms with van der Waals surface area (Å²) in [7, 11) is 0. The lowest BCUT2D eigenvalue weighted by Gasteiger charge is -2.26. The van der Waals surface area contributed by atoms with Gasteiger partial charge in [-0.05, 0) is 29.5 Å². The summed E-state index contributed by atoms with van der Waals surface area (Å²) in [6, 6.07) is 8.21. The molecule has 0 fully saturated rings. The van der Waals surface area contributed by atoms with Crippen LogP contribution in [-0.2, 0) is 0 Å². The molecular formula is C16H18N4S. The van der Waals surface area contributed by atoms with Crippen molar-refractivity contribution in [3.63, 3.8) is 0 Å². The Balaban J connectivity index is 2.08. The highest BCUT2D eigenvalue weighted by Crippen LogP contribution is 2.30. The highest BCUT2D eigenvalue weighted by atomic mass is 32.1. The normalized spacial score (nSPS) is 14.0. The molecule has 0 aliphatic heterocycles. The van der Waals surface area contributed by atoms with E-state index in [1.54, 1.807) is 17.5 Å². The molecule has 21 heavy (non-hydrogen) atoms. The maximum Gasteiger partial charge on any atom is 0.150 e. The molecule has 3 heterocycles. The first-order chi connectivity index (χ1) is 10.3. The van der Waals surface area contributed by atoms with Gasteiger partial charge in [0.25, 0.3) is 0 Å². The Labute approximate surface area is 128 Å². The van der Waals surface area contributed by atoms with Crippen LogP contribution in [-0.4, -0.2) is 20.6 Å². The second-order valence-corrected chi connectivity index (χ2v) is 5.89. The van der Waals surface area contributed by atoms with Gasteiger partial charge in [-0.25, -0.2) is 4.98 Å². The lowest BCUT2D eigenvalue weighted by molar-refractivity contribution is 0.461. The predicted molar refractivity (Wildman–Crippen MR) is 86.2 cm³/mol. The summed E-state index contributed by atoms with van der Waals surface area (Å²) in [4.78, 5) is 9.91. The number of rotatable bonds is 5. The topological polar surface area (TPSA) is 56.7 Å².